The Morgan fingerprint density at radius 2 is 1.19 bits per heavy atom. The first kappa shape index (κ1) is 23.9. The molecule has 5 rings (SSSR count). The molecule has 0 aliphatic heterocycles. The van der Waals surface area contributed by atoms with Crippen molar-refractivity contribution in [3.63, 3.8) is 0 Å². The number of carbonyl (C=O) groups is 3. The van der Waals surface area contributed by atoms with E-state index in [0.29, 0.717) is 17.4 Å². The number of ketones is 2. The minimum Gasteiger partial charge on any atom is -0.298 e. The van der Waals surface area contributed by atoms with E-state index in [1.807, 2.05) is 24.3 Å². The van der Waals surface area contributed by atoms with Crippen LogP contribution in [-0.2, 0) is 12.8 Å². The molecule has 0 aromatic heterocycles. The molecule has 0 unspecified atom stereocenters. The molecule has 2 aliphatic rings. The lowest BCUT2D eigenvalue weighted by Gasteiger charge is -2.09. The van der Waals surface area contributed by atoms with Gasteiger partial charge in [0.2, 0.25) is 0 Å². The molecule has 36 heavy (non-hydrogen) atoms. The van der Waals surface area contributed by atoms with Gasteiger partial charge in [-0.15, -0.1) is 0 Å². The van der Waals surface area contributed by atoms with Gasteiger partial charge < -0.3 is 0 Å². The minimum atomic E-state index is -0.124. The second-order valence-electron chi connectivity index (χ2n) is 9.76. The summed E-state index contributed by atoms with van der Waals surface area (Å²) < 4.78 is 0. The number of aldehydes is 1. The van der Waals surface area contributed by atoms with Crippen molar-refractivity contribution in [1.82, 2.24) is 0 Å². The molecule has 0 N–H and O–H groups in total. The monoisotopic (exact) mass is 474 g/mol. The Bertz CT molecular complexity index is 1360. The summed E-state index contributed by atoms with van der Waals surface area (Å²) in [5.41, 5.74) is 8.11. The first-order valence-corrected chi connectivity index (χ1v) is 12.8. The summed E-state index contributed by atoms with van der Waals surface area (Å²) in [5.74, 6) is -0.192. The zero-order chi connectivity index (χ0) is 24.9. The van der Waals surface area contributed by atoms with E-state index in [0.717, 1.165) is 36.8 Å². The molecule has 0 fully saturated rings. The maximum atomic E-state index is 13.0. The predicted octanol–water partition coefficient (Wildman–Crippen LogP) is 7.48. The van der Waals surface area contributed by atoms with Crippen molar-refractivity contribution in [3.05, 3.63) is 118 Å². The van der Waals surface area contributed by atoms with Crippen LogP contribution in [0.4, 0.5) is 0 Å². The number of allylic oxidation sites excluding steroid dienone is 4. The van der Waals surface area contributed by atoms with Crippen molar-refractivity contribution in [1.29, 1.82) is 0 Å². The minimum absolute atomic E-state index is 0.0678. The van der Waals surface area contributed by atoms with Crippen LogP contribution in [0, 0.1) is 0 Å². The number of Topliss-reactive ketones (excluding diaryl/α,β-unsaturated/α-hetero) is 2. The van der Waals surface area contributed by atoms with Crippen molar-refractivity contribution >= 4 is 29.0 Å². The molecule has 3 heteroatoms. The Labute approximate surface area is 212 Å². The van der Waals surface area contributed by atoms with Gasteiger partial charge in [-0.05, 0) is 84.1 Å². The predicted molar refractivity (Wildman–Crippen MR) is 144 cm³/mol. The Balaban J connectivity index is 1.25. The maximum Gasteiger partial charge on any atom is 0.167 e. The second-order valence-corrected chi connectivity index (χ2v) is 9.76. The molecule has 0 radical (unpaired) electrons. The van der Waals surface area contributed by atoms with Gasteiger partial charge in [0.15, 0.2) is 17.9 Å². The van der Waals surface area contributed by atoms with Gasteiger partial charge in [-0.1, -0.05) is 66.7 Å². The first-order chi connectivity index (χ1) is 17.6. The van der Waals surface area contributed by atoms with E-state index >= 15 is 0 Å². The standard InChI is InChI=1S/C33H30O3/c34-22-30-21-29(32(35)19-23-9-13-27(14-10-23)25-5-1-2-6-25)17-18-31(30)33(36)20-24-11-15-28(16-12-24)26-7-3-4-8-26/h5,7,9-18,21-22H,1-4,6,8,19-20H2. The van der Waals surface area contributed by atoms with Crippen LogP contribution in [0.2, 0.25) is 0 Å². The normalized spacial score (nSPS) is 14.9. The van der Waals surface area contributed by atoms with Gasteiger partial charge >= 0.3 is 0 Å². The van der Waals surface area contributed by atoms with Crippen LogP contribution in [0.15, 0.2) is 78.9 Å². The summed E-state index contributed by atoms with van der Waals surface area (Å²) in [6.45, 7) is 0. The van der Waals surface area contributed by atoms with Gasteiger partial charge in [0, 0.05) is 29.5 Å². The summed E-state index contributed by atoms with van der Waals surface area (Å²) >= 11 is 0. The largest absolute Gasteiger partial charge is 0.298 e. The molecule has 0 amide bonds. The molecule has 0 bridgehead atoms. The highest BCUT2D eigenvalue weighted by atomic mass is 16.1. The second kappa shape index (κ2) is 10.8. The topological polar surface area (TPSA) is 51.2 Å². The van der Waals surface area contributed by atoms with Crippen LogP contribution in [-0.4, -0.2) is 17.9 Å². The van der Waals surface area contributed by atoms with Gasteiger partial charge in [-0.3, -0.25) is 14.4 Å². The molecule has 3 aromatic carbocycles. The van der Waals surface area contributed by atoms with E-state index in [4.69, 9.17) is 0 Å². The fraction of sp³-hybridized carbons (Fsp3) is 0.242. The van der Waals surface area contributed by atoms with E-state index < -0.39 is 0 Å². The highest BCUT2D eigenvalue weighted by Crippen LogP contribution is 2.29. The molecule has 180 valence electrons. The molecule has 3 nitrogen and oxygen atoms in total. The summed E-state index contributed by atoms with van der Waals surface area (Å²) in [5, 5.41) is 0. The average Bonchev–Trinajstić information content (AvgIpc) is 3.64. The van der Waals surface area contributed by atoms with Crippen molar-refractivity contribution in [2.45, 2.75) is 51.4 Å². The lowest BCUT2D eigenvalue weighted by Crippen LogP contribution is -2.10. The number of carbonyl (C=O) groups excluding carboxylic acids is 3. The van der Waals surface area contributed by atoms with Crippen molar-refractivity contribution < 1.29 is 14.4 Å². The fourth-order valence-corrected chi connectivity index (χ4v) is 5.20. The van der Waals surface area contributed by atoms with Gasteiger partial charge in [0.25, 0.3) is 0 Å². The summed E-state index contributed by atoms with van der Waals surface area (Å²) in [6.07, 6.45) is 12.6. The molecule has 0 saturated heterocycles. The lowest BCUT2D eigenvalue weighted by atomic mass is 9.94. The summed E-state index contributed by atoms with van der Waals surface area (Å²) in [4.78, 5) is 37.7. The van der Waals surface area contributed by atoms with Crippen LogP contribution in [0.25, 0.3) is 11.1 Å². The highest BCUT2D eigenvalue weighted by Gasteiger charge is 2.16. The summed E-state index contributed by atoms with van der Waals surface area (Å²) in [7, 11) is 0. The zero-order valence-electron chi connectivity index (χ0n) is 20.5. The summed E-state index contributed by atoms with van der Waals surface area (Å²) in [6, 6.07) is 21.1. The molecule has 0 spiro atoms. The number of hydrogen-bond donors (Lipinski definition) is 0. The molecule has 0 atom stereocenters. The van der Waals surface area contributed by atoms with E-state index in [-0.39, 0.29) is 30.0 Å². The Morgan fingerprint density at radius 1 is 0.667 bits per heavy atom. The van der Waals surface area contributed by atoms with E-state index in [9.17, 15) is 14.4 Å². The van der Waals surface area contributed by atoms with Crippen LogP contribution < -0.4 is 0 Å². The first-order valence-electron chi connectivity index (χ1n) is 12.8. The van der Waals surface area contributed by atoms with E-state index in [1.165, 1.54) is 35.1 Å². The Kier molecular flexibility index (Phi) is 7.18. The SMILES string of the molecule is O=Cc1cc(C(=O)Cc2ccc(C3=CCCC3)cc2)ccc1C(=O)Cc1ccc(C2=CCCC2)cc1. The molecular weight excluding hydrogens is 444 g/mol. The lowest BCUT2D eigenvalue weighted by molar-refractivity contribution is 0.0978. The van der Waals surface area contributed by atoms with Crippen molar-refractivity contribution in [2.24, 2.45) is 0 Å². The number of benzene rings is 3. The third-order valence-electron chi connectivity index (χ3n) is 7.26. The van der Waals surface area contributed by atoms with Gasteiger partial charge in [0.05, 0.1) is 0 Å². The van der Waals surface area contributed by atoms with Crippen LogP contribution in [0.5, 0.6) is 0 Å². The number of rotatable bonds is 9. The van der Waals surface area contributed by atoms with Crippen molar-refractivity contribution in [3.8, 4) is 0 Å². The number of hydrogen-bond acceptors (Lipinski definition) is 3. The van der Waals surface area contributed by atoms with Crippen LogP contribution in [0.3, 0.4) is 0 Å². The quantitative estimate of drug-likeness (QED) is 0.238. The van der Waals surface area contributed by atoms with E-state index in [2.05, 4.69) is 36.4 Å². The van der Waals surface area contributed by atoms with Gasteiger partial charge in [-0.2, -0.15) is 0 Å². The third-order valence-corrected chi connectivity index (χ3v) is 7.26. The average molecular weight is 475 g/mol. The zero-order valence-corrected chi connectivity index (χ0v) is 20.5. The van der Waals surface area contributed by atoms with E-state index in [1.54, 1.807) is 18.2 Å². The smallest absolute Gasteiger partial charge is 0.167 e. The molecule has 0 heterocycles. The van der Waals surface area contributed by atoms with Crippen LogP contribution >= 0.6 is 0 Å². The van der Waals surface area contributed by atoms with Gasteiger partial charge in [-0.25, -0.2) is 0 Å². The van der Waals surface area contributed by atoms with Crippen LogP contribution in [0.1, 0.15) is 91.9 Å². The van der Waals surface area contributed by atoms with Gasteiger partial charge in [0.1, 0.15) is 0 Å². The van der Waals surface area contributed by atoms with Crippen molar-refractivity contribution in [2.75, 3.05) is 0 Å². The highest BCUT2D eigenvalue weighted by molar-refractivity contribution is 6.06. The Hall–Kier alpha value is -3.85. The molecule has 2 aliphatic carbocycles. The third kappa shape index (κ3) is 5.36. The molecule has 0 saturated carbocycles. The Morgan fingerprint density at radius 3 is 1.67 bits per heavy atom. The molecular formula is C33H30O3. The molecule has 3 aromatic rings. The fourth-order valence-electron chi connectivity index (χ4n) is 5.20. The maximum absolute atomic E-state index is 13.0.